The minimum atomic E-state index is -1.08. The first-order valence-corrected chi connectivity index (χ1v) is 12.2. The topological polar surface area (TPSA) is 104 Å². The van der Waals surface area contributed by atoms with Gasteiger partial charge in [0.05, 0.1) is 22.6 Å². The second-order valence-corrected chi connectivity index (χ2v) is 10.0. The SMILES string of the molecule is O=C(O)CCN1C(=O)/C(=C2/C(=O)N(CC(=O)OCc3cccc(Cl)c3)c3ccc(Cl)cc32)SC1=S. The monoisotopic (exact) mass is 550 g/mol. The molecule has 1 N–H and O–H groups in total. The highest BCUT2D eigenvalue weighted by Gasteiger charge is 2.42. The Morgan fingerprint density at radius 1 is 1.03 bits per heavy atom. The lowest BCUT2D eigenvalue weighted by Gasteiger charge is -2.16. The van der Waals surface area contributed by atoms with Crippen molar-refractivity contribution >= 4 is 86.5 Å². The van der Waals surface area contributed by atoms with Gasteiger partial charge in [-0.15, -0.1) is 0 Å². The van der Waals surface area contributed by atoms with Crippen molar-refractivity contribution in [2.24, 2.45) is 0 Å². The lowest BCUT2D eigenvalue weighted by Crippen LogP contribution is -2.34. The van der Waals surface area contributed by atoms with Crippen LogP contribution in [0.1, 0.15) is 17.5 Å². The number of fused-ring (bicyclic) bond motifs is 1. The third-order valence-corrected chi connectivity index (χ3v) is 7.10. The van der Waals surface area contributed by atoms with E-state index in [4.69, 9.17) is 45.3 Å². The smallest absolute Gasteiger partial charge is 0.326 e. The summed E-state index contributed by atoms with van der Waals surface area (Å²) in [7, 11) is 0. The molecule has 35 heavy (non-hydrogen) atoms. The van der Waals surface area contributed by atoms with E-state index in [1.807, 2.05) is 0 Å². The number of ether oxygens (including phenoxy) is 1. The second kappa shape index (κ2) is 10.4. The molecule has 2 aromatic rings. The number of hydrogen-bond acceptors (Lipinski definition) is 7. The Labute approximate surface area is 219 Å². The van der Waals surface area contributed by atoms with E-state index in [1.54, 1.807) is 36.4 Å². The fourth-order valence-corrected chi connectivity index (χ4v) is 5.36. The molecular weight excluding hydrogens is 535 g/mol. The van der Waals surface area contributed by atoms with Crippen LogP contribution in [0, 0.1) is 0 Å². The number of esters is 1. The van der Waals surface area contributed by atoms with Gasteiger partial charge < -0.3 is 9.84 Å². The predicted molar refractivity (Wildman–Crippen MR) is 136 cm³/mol. The van der Waals surface area contributed by atoms with Gasteiger partial charge >= 0.3 is 11.9 Å². The summed E-state index contributed by atoms with van der Waals surface area (Å²) in [5.41, 5.74) is 1.52. The second-order valence-electron chi connectivity index (χ2n) is 7.52. The van der Waals surface area contributed by atoms with Gasteiger partial charge in [-0.1, -0.05) is 59.3 Å². The number of anilines is 1. The van der Waals surface area contributed by atoms with E-state index in [-0.39, 0.29) is 34.4 Å². The van der Waals surface area contributed by atoms with Crippen LogP contribution in [0.25, 0.3) is 5.57 Å². The number of hydrogen-bond donors (Lipinski definition) is 1. The Morgan fingerprint density at radius 2 is 1.77 bits per heavy atom. The van der Waals surface area contributed by atoms with Crippen molar-refractivity contribution in [2.45, 2.75) is 13.0 Å². The molecule has 0 saturated carbocycles. The maximum atomic E-state index is 13.4. The molecule has 0 unspecified atom stereocenters. The maximum Gasteiger partial charge on any atom is 0.326 e. The number of rotatable bonds is 7. The van der Waals surface area contributed by atoms with Crippen LogP contribution >= 0.6 is 47.2 Å². The summed E-state index contributed by atoms with van der Waals surface area (Å²) in [4.78, 5) is 52.4. The number of aliphatic carboxylic acids is 1. The lowest BCUT2D eigenvalue weighted by atomic mass is 10.1. The van der Waals surface area contributed by atoms with E-state index in [0.717, 1.165) is 16.7 Å². The molecule has 4 rings (SSSR count). The summed E-state index contributed by atoms with van der Waals surface area (Å²) < 4.78 is 5.46. The van der Waals surface area contributed by atoms with Crippen LogP contribution < -0.4 is 4.90 Å². The van der Waals surface area contributed by atoms with Gasteiger partial charge in [-0.05, 0) is 35.9 Å². The molecule has 2 aromatic carbocycles. The number of thiocarbonyl (C=S) groups is 1. The molecule has 2 amide bonds. The van der Waals surface area contributed by atoms with Crippen molar-refractivity contribution in [3.8, 4) is 0 Å². The highest BCUT2D eigenvalue weighted by molar-refractivity contribution is 8.26. The fraction of sp³-hybridized carbons (Fsp3) is 0.174. The third-order valence-electron chi connectivity index (χ3n) is 5.18. The first-order chi connectivity index (χ1) is 16.7. The number of amides is 2. The van der Waals surface area contributed by atoms with Crippen molar-refractivity contribution in [3.63, 3.8) is 0 Å². The number of benzene rings is 2. The molecule has 1 fully saturated rings. The molecule has 12 heteroatoms. The molecule has 0 aromatic heterocycles. The molecule has 180 valence electrons. The summed E-state index contributed by atoms with van der Waals surface area (Å²) in [6.45, 7) is -0.534. The van der Waals surface area contributed by atoms with Crippen LogP contribution in [-0.4, -0.2) is 51.2 Å². The number of carbonyl (C=O) groups excluding carboxylic acids is 3. The lowest BCUT2D eigenvalue weighted by molar-refractivity contribution is -0.144. The van der Waals surface area contributed by atoms with E-state index in [0.29, 0.717) is 26.9 Å². The molecule has 1 saturated heterocycles. The minimum absolute atomic E-state index is 0.0238. The maximum absolute atomic E-state index is 13.4. The van der Waals surface area contributed by atoms with Crippen LogP contribution in [0.2, 0.25) is 10.0 Å². The van der Waals surface area contributed by atoms with Gasteiger partial charge in [-0.3, -0.25) is 29.0 Å². The van der Waals surface area contributed by atoms with Gasteiger partial charge in [-0.2, -0.15) is 0 Å². The molecule has 2 heterocycles. The molecule has 2 aliphatic heterocycles. The zero-order valence-corrected chi connectivity index (χ0v) is 21.0. The van der Waals surface area contributed by atoms with Crippen LogP contribution in [0.15, 0.2) is 47.4 Å². The number of nitrogens with zero attached hydrogens (tertiary/aromatic N) is 2. The van der Waals surface area contributed by atoms with Crippen molar-refractivity contribution in [1.82, 2.24) is 4.90 Å². The average Bonchev–Trinajstić information content (AvgIpc) is 3.22. The number of halogens is 2. The third kappa shape index (κ3) is 5.35. The molecule has 0 aliphatic carbocycles. The summed E-state index contributed by atoms with van der Waals surface area (Å²) >= 11 is 18.3. The first-order valence-electron chi connectivity index (χ1n) is 10.2. The first kappa shape index (κ1) is 25.2. The number of thioether (sulfide) groups is 1. The molecule has 0 radical (unpaired) electrons. The average molecular weight is 551 g/mol. The van der Waals surface area contributed by atoms with Crippen LogP contribution in [0.3, 0.4) is 0 Å². The number of carboxylic acids is 1. The van der Waals surface area contributed by atoms with Crippen molar-refractivity contribution in [3.05, 3.63) is 68.5 Å². The fourth-order valence-electron chi connectivity index (χ4n) is 3.59. The van der Waals surface area contributed by atoms with Crippen LogP contribution in [0.5, 0.6) is 0 Å². The van der Waals surface area contributed by atoms with Gasteiger partial charge in [0.2, 0.25) is 0 Å². The van der Waals surface area contributed by atoms with E-state index in [2.05, 4.69) is 0 Å². The number of carbonyl (C=O) groups is 4. The zero-order chi connectivity index (χ0) is 25.3. The summed E-state index contributed by atoms with van der Waals surface area (Å²) in [6, 6.07) is 11.5. The normalized spacial score (nSPS) is 17.3. The largest absolute Gasteiger partial charge is 0.481 e. The van der Waals surface area contributed by atoms with Crippen molar-refractivity contribution in [2.75, 3.05) is 18.0 Å². The summed E-state index contributed by atoms with van der Waals surface area (Å²) in [5.74, 6) is -2.89. The molecule has 0 bridgehead atoms. The van der Waals surface area contributed by atoms with Crippen molar-refractivity contribution < 1.29 is 29.0 Å². The van der Waals surface area contributed by atoms with E-state index >= 15 is 0 Å². The minimum Gasteiger partial charge on any atom is -0.481 e. The summed E-state index contributed by atoms with van der Waals surface area (Å²) in [6.07, 6.45) is -0.296. The summed E-state index contributed by atoms with van der Waals surface area (Å²) in [5, 5.41) is 9.79. The van der Waals surface area contributed by atoms with E-state index in [9.17, 15) is 19.2 Å². The Balaban J connectivity index is 1.59. The van der Waals surface area contributed by atoms with Gasteiger partial charge in [0.15, 0.2) is 0 Å². The Kier molecular flexibility index (Phi) is 7.46. The molecule has 8 nitrogen and oxygen atoms in total. The van der Waals surface area contributed by atoms with E-state index < -0.39 is 30.3 Å². The highest BCUT2D eigenvalue weighted by atomic mass is 35.5. The molecule has 0 spiro atoms. The predicted octanol–water partition coefficient (Wildman–Crippen LogP) is 4.13. The van der Waals surface area contributed by atoms with Crippen LogP contribution in [0.4, 0.5) is 5.69 Å². The van der Waals surface area contributed by atoms with E-state index in [1.165, 1.54) is 11.0 Å². The molecule has 0 atom stereocenters. The molecular formula is C23H16Cl2N2O6S2. The van der Waals surface area contributed by atoms with Gasteiger partial charge in [0.25, 0.3) is 11.8 Å². The van der Waals surface area contributed by atoms with Gasteiger partial charge in [-0.25, -0.2) is 0 Å². The Morgan fingerprint density at radius 3 is 2.49 bits per heavy atom. The van der Waals surface area contributed by atoms with Crippen LogP contribution in [-0.2, 0) is 30.5 Å². The van der Waals surface area contributed by atoms with Gasteiger partial charge in [0.1, 0.15) is 17.5 Å². The quantitative estimate of drug-likeness (QED) is 0.311. The van der Waals surface area contributed by atoms with Crippen molar-refractivity contribution in [1.29, 1.82) is 0 Å². The molecule has 2 aliphatic rings. The highest BCUT2D eigenvalue weighted by Crippen LogP contribution is 2.45. The zero-order valence-electron chi connectivity index (χ0n) is 17.8. The van der Waals surface area contributed by atoms with Gasteiger partial charge in [0, 0.05) is 22.2 Å². The Bertz CT molecular complexity index is 1310. The standard InChI is InChI=1S/C23H16Cl2N2O6S2/c24-13-3-1-2-12(8-13)11-33-18(30)10-27-16-5-4-14(25)9-15(16)19(21(27)31)20-22(32)26(23(34)35-20)7-6-17(28)29/h1-5,8-9H,6-7,10-11H2,(H,28,29)/b20-19-. The number of carboxylic acid groups (broad SMARTS) is 1. The Hall–Kier alpha value is -2.92.